The monoisotopic (exact) mass is 795 g/mol. The highest BCUT2D eigenvalue weighted by atomic mass is 16.5. The lowest BCUT2D eigenvalue weighted by molar-refractivity contribution is -0.121. The van der Waals surface area contributed by atoms with Gasteiger partial charge in [-0.3, -0.25) is 9.59 Å². The van der Waals surface area contributed by atoms with Crippen LogP contribution in [0.2, 0.25) is 0 Å². The van der Waals surface area contributed by atoms with Gasteiger partial charge in [0.2, 0.25) is 23.1 Å². The number of hydrogen-bond acceptors (Lipinski definition) is 4. The third-order valence-electron chi connectivity index (χ3n) is 11.1. The first kappa shape index (κ1) is 52.1. The number of allylic oxidation sites excluding steroid dienone is 20. The number of ketones is 2. The lowest BCUT2D eigenvalue weighted by Gasteiger charge is -2.19. The van der Waals surface area contributed by atoms with Crippen LogP contribution in [0.5, 0.6) is 0 Å². The summed E-state index contributed by atoms with van der Waals surface area (Å²) in [6.45, 7) is 24.0. The van der Waals surface area contributed by atoms with Crippen LogP contribution < -0.4 is 0 Å². The predicted molar refractivity (Wildman–Crippen MR) is 252 cm³/mol. The molecule has 1 aliphatic carbocycles. The Hall–Kier alpha value is -3.92. The number of carbonyl (C=O) groups excluding carboxylic acids is 2. The summed E-state index contributed by atoms with van der Waals surface area (Å²) >= 11 is 0. The van der Waals surface area contributed by atoms with E-state index in [0.717, 1.165) is 89.9 Å². The smallest absolute Gasteiger partial charge is 0.228 e. The Bertz CT molecular complexity index is 1680. The summed E-state index contributed by atoms with van der Waals surface area (Å²) in [5, 5.41) is 0. The van der Waals surface area contributed by atoms with Gasteiger partial charge in [0, 0.05) is 11.1 Å². The zero-order valence-corrected chi connectivity index (χ0v) is 39.3. The van der Waals surface area contributed by atoms with Crippen LogP contribution in [0.15, 0.2) is 128 Å². The second-order valence-corrected chi connectivity index (χ2v) is 17.0. The molecule has 4 heteroatoms. The van der Waals surface area contributed by atoms with Gasteiger partial charge in [0.25, 0.3) is 0 Å². The van der Waals surface area contributed by atoms with Gasteiger partial charge in [-0.05, 0) is 185 Å². The van der Waals surface area contributed by atoms with Gasteiger partial charge in [-0.1, -0.05) is 105 Å². The molecule has 58 heavy (non-hydrogen) atoms. The molecule has 1 rings (SSSR count). The van der Waals surface area contributed by atoms with Crippen molar-refractivity contribution in [3.63, 3.8) is 0 Å². The van der Waals surface area contributed by atoms with Crippen LogP contribution in [0.25, 0.3) is 0 Å². The Morgan fingerprint density at radius 2 is 0.621 bits per heavy atom. The lowest BCUT2D eigenvalue weighted by Crippen LogP contribution is -2.24. The molecule has 322 valence electrons. The minimum Gasteiger partial charge on any atom is -0.489 e. The number of ether oxygens (including phenoxy) is 2. The van der Waals surface area contributed by atoms with Crippen molar-refractivity contribution >= 4 is 11.6 Å². The van der Waals surface area contributed by atoms with Crippen LogP contribution in [0.3, 0.4) is 0 Å². The molecule has 0 heterocycles. The minimum atomic E-state index is -0.284. The van der Waals surface area contributed by atoms with Crippen molar-refractivity contribution in [1.82, 2.24) is 0 Å². The summed E-state index contributed by atoms with van der Waals surface area (Å²) in [4.78, 5) is 25.5. The first-order valence-corrected chi connectivity index (χ1v) is 22.1. The van der Waals surface area contributed by atoms with Crippen LogP contribution in [0.4, 0.5) is 0 Å². The number of rotatable bonds is 28. The fourth-order valence-corrected chi connectivity index (χ4v) is 6.94. The Morgan fingerprint density at radius 3 is 0.879 bits per heavy atom. The average molecular weight is 795 g/mol. The Labute approximate surface area is 356 Å². The Morgan fingerprint density at radius 1 is 0.379 bits per heavy atom. The molecular formula is C54H82O4. The van der Waals surface area contributed by atoms with Crippen molar-refractivity contribution in [1.29, 1.82) is 0 Å². The second kappa shape index (κ2) is 30.2. The first-order chi connectivity index (χ1) is 27.6. The highest BCUT2D eigenvalue weighted by Crippen LogP contribution is 2.28. The quantitative estimate of drug-likeness (QED) is 0.0585. The molecule has 0 aromatic heterocycles. The molecule has 0 atom stereocenters. The van der Waals surface area contributed by atoms with E-state index in [-0.39, 0.29) is 23.1 Å². The van der Waals surface area contributed by atoms with E-state index >= 15 is 0 Å². The summed E-state index contributed by atoms with van der Waals surface area (Å²) in [5.41, 5.74) is 13.9. The van der Waals surface area contributed by atoms with E-state index in [1.807, 2.05) is 0 Å². The highest BCUT2D eigenvalue weighted by molar-refractivity contribution is 6.23. The van der Waals surface area contributed by atoms with E-state index in [1.165, 1.54) is 77.2 Å². The number of Topliss-reactive ketones (excluding diaryl/α,β-unsaturated/α-hetero) is 2. The minimum absolute atomic E-state index is 0.00654. The summed E-state index contributed by atoms with van der Waals surface area (Å²) < 4.78 is 10.3. The van der Waals surface area contributed by atoms with E-state index in [2.05, 4.69) is 124 Å². The van der Waals surface area contributed by atoms with Crippen molar-refractivity contribution in [2.24, 2.45) is 0 Å². The van der Waals surface area contributed by atoms with Crippen molar-refractivity contribution in [3.8, 4) is 0 Å². The van der Waals surface area contributed by atoms with Crippen molar-refractivity contribution in [3.05, 3.63) is 128 Å². The second-order valence-electron chi connectivity index (χ2n) is 17.0. The number of methoxy groups -OCH3 is 2. The van der Waals surface area contributed by atoms with E-state index < -0.39 is 0 Å². The number of hydrogen-bond donors (Lipinski definition) is 0. The molecule has 0 saturated carbocycles. The van der Waals surface area contributed by atoms with E-state index in [4.69, 9.17) is 9.47 Å². The van der Waals surface area contributed by atoms with Crippen molar-refractivity contribution < 1.29 is 19.1 Å². The molecule has 0 radical (unpaired) electrons. The fourth-order valence-electron chi connectivity index (χ4n) is 6.94. The molecule has 0 spiro atoms. The van der Waals surface area contributed by atoms with Gasteiger partial charge in [0.15, 0.2) is 0 Å². The zero-order chi connectivity index (χ0) is 43.5. The molecule has 0 bridgehead atoms. The van der Waals surface area contributed by atoms with Gasteiger partial charge >= 0.3 is 0 Å². The molecule has 0 aromatic carbocycles. The third-order valence-corrected chi connectivity index (χ3v) is 11.1. The summed E-state index contributed by atoms with van der Waals surface area (Å²) in [6.07, 6.45) is 39.5. The molecular weight excluding hydrogens is 713 g/mol. The average Bonchev–Trinajstić information content (AvgIpc) is 3.16. The SMILES string of the molecule is COC1=C(OC)C(=O)C(C/C=C(\C)CC/C=C(/C)CC/C=C(\C)CC/C=C(\C)CC/C=C(\C)CC/C=C(\C)CC/C=C(\C)CC/C=C(\C)CCC=C(C)C)=C(C)C1=O. The van der Waals surface area contributed by atoms with E-state index in [0.29, 0.717) is 17.6 Å². The van der Waals surface area contributed by atoms with Gasteiger partial charge in [-0.25, -0.2) is 0 Å². The fraction of sp³-hybridized carbons (Fsp3) is 0.556. The standard InChI is InChI=1S/C54H82O4/c1-40(2)22-14-23-41(3)24-15-25-42(4)26-16-27-43(5)28-17-29-44(6)30-18-31-45(7)32-19-33-46(8)34-20-35-47(9)36-21-37-48(10)38-39-50-49(11)51(55)53(57-12)54(58-13)52(50)56/h22,24,26,28,30,32,34,36,38H,14-21,23,25,27,29,31,33,35,37,39H2,1-13H3/b41-24+,42-26+,43-28+,44-30+,45-32+,46-34+,47-36-,48-38+. The summed E-state index contributed by atoms with van der Waals surface area (Å²) in [5.74, 6) is -0.571. The largest absolute Gasteiger partial charge is 0.489 e. The Balaban J connectivity index is 2.32. The molecule has 1 aliphatic rings. The molecule has 0 aliphatic heterocycles. The summed E-state index contributed by atoms with van der Waals surface area (Å²) in [7, 11) is 2.78. The predicted octanol–water partition coefficient (Wildman–Crippen LogP) is 16.1. The van der Waals surface area contributed by atoms with Gasteiger partial charge in [0.05, 0.1) is 14.2 Å². The summed E-state index contributed by atoms with van der Waals surface area (Å²) in [6, 6.07) is 0. The van der Waals surface area contributed by atoms with Crippen LogP contribution in [0, 0.1) is 0 Å². The molecule has 4 nitrogen and oxygen atoms in total. The van der Waals surface area contributed by atoms with E-state index in [1.54, 1.807) is 6.92 Å². The molecule has 0 fully saturated rings. The van der Waals surface area contributed by atoms with Gasteiger partial charge in [0.1, 0.15) is 0 Å². The van der Waals surface area contributed by atoms with Gasteiger partial charge in [-0.2, -0.15) is 0 Å². The molecule has 0 saturated heterocycles. The van der Waals surface area contributed by atoms with Crippen LogP contribution in [-0.4, -0.2) is 25.8 Å². The van der Waals surface area contributed by atoms with Crippen LogP contribution in [-0.2, 0) is 19.1 Å². The molecule has 0 N–H and O–H groups in total. The van der Waals surface area contributed by atoms with Gasteiger partial charge < -0.3 is 9.47 Å². The highest BCUT2D eigenvalue weighted by Gasteiger charge is 2.34. The zero-order valence-electron chi connectivity index (χ0n) is 39.3. The normalized spacial score (nSPS) is 15.9. The molecule has 0 aromatic rings. The van der Waals surface area contributed by atoms with Crippen LogP contribution >= 0.6 is 0 Å². The maximum absolute atomic E-state index is 12.9. The Kier molecular flexibility index (Phi) is 27.1. The first-order valence-electron chi connectivity index (χ1n) is 22.1. The van der Waals surface area contributed by atoms with E-state index in [9.17, 15) is 9.59 Å². The number of carbonyl (C=O) groups is 2. The maximum atomic E-state index is 12.9. The molecule has 0 unspecified atom stereocenters. The van der Waals surface area contributed by atoms with Crippen molar-refractivity contribution in [2.45, 2.75) is 185 Å². The topological polar surface area (TPSA) is 52.6 Å². The van der Waals surface area contributed by atoms with Crippen LogP contribution in [0.1, 0.15) is 185 Å². The third kappa shape index (κ3) is 22.9. The lowest BCUT2D eigenvalue weighted by atomic mass is 9.90. The van der Waals surface area contributed by atoms with Gasteiger partial charge in [-0.15, -0.1) is 0 Å². The van der Waals surface area contributed by atoms with Crippen molar-refractivity contribution in [2.75, 3.05) is 14.2 Å². The maximum Gasteiger partial charge on any atom is 0.228 e. The molecule has 0 amide bonds.